The monoisotopic (exact) mass is 343 g/mol. The van der Waals surface area contributed by atoms with Crippen LogP contribution in [0.1, 0.15) is 24.8 Å². The molecule has 0 radical (unpaired) electrons. The van der Waals surface area contributed by atoms with Crippen LogP contribution in [0.3, 0.4) is 0 Å². The van der Waals surface area contributed by atoms with Gasteiger partial charge in [0.15, 0.2) is 0 Å². The van der Waals surface area contributed by atoms with Crippen molar-refractivity contribution in [1.29, 1.82) is 0 Å². The molecule has 0 spiro atoms. The summed E-state index contributed by atoms with van der Waals surface area (Å²) in [5, 5.41) is 0.225. The summed E-state index contributed by atoms with van der Waals surface area (Å²) < 4.78 is 9.58. The molecule has 1 unspecified atom stereocenters. The summed E-state index contributed by atoms with van der Waals surface area (Å²) in [5.74, 6) is 0.336. The summed E-state index contributed by atoms with van der Waals surface area (Å²) in [7, 11) is 0. The van der Waals surface area contributed by atoms with Crippen molar-refractivity contribution in [3.05, 3.63) is 22.8 Å². The van der Waals surface area contributed by atoms with Gasteiger partial charge in [-0.1, -0.05) is 46.4 Å². The number of hydrogen-bond donors (Lipinski definition) is 0. The Bertz CT molecular complexity index is 430. The minimum absolute atomic E-state index is 0.0887. The second-order valence-corrected chi connectivity index (χ2v) is 6.98. The van der Waals surface area contributed by atoms with Gasteiger partial charge >= 0.3 is 0 Å². The highest BCUT2D eigenvalue weighted by atomic mass is 35.6. The van der Waals surface area contributed by atoms with E-state index >= 15 is 0 Å². The maximum atomic E-state index is 5.88. The standard InChI is InChI=1S/C12H13Cl4NO2/c13-10-5-8(12(14,15)16)6-11(17-10)19-7-9-3-1-2-4-18-9/h5-6,9H,1-4,7H2. The molecule has 3 nitrogen and oxygen atoms in total. The van der Waals surface area contributed by atoms with Gasteiger partial charge in [-0.3, -0.25) is 0 Å². The van der Waals surface area contributed by atoms with Gasteiger partial charge in [0, 0.05) is 18.2 Å². The summed E-state index contributed by atoms with van der Waals surface area (Å²) in [5.41, 5.74) is 0.428. The van der Waals surface area contributed by atoms with Crippen molar-refractivity contribution in [2.45, 2.75) is 29.2 Å². The summed E-state index contributed by atoms with van der Waals surface area (Å²) in [6.45, 7) is 1.20. The molecule has 0 aliphatic carbocycles. The summed E-state index contributed by atoms with van der Waals surface area (Å²) in [6, 6.07) is 3.07. The molecule has 2 rings (SSSR count). The van der Waals surface area contributed by atoms with E-state index in [4.69, 9.17) is 55.9 Å². The van der Waals surface area contributed by atoms with E-state index in [2.05, 4.69) is 4.98 Å². The van der Waals surface area contributed by atoms with E-state index in [9.17, 15) is 0 Å². The molecule has 0 bridgehead atoms. The van der Waals surface area contributed by atoms with Crippen LogP contribution in [0, 0.1) is 0 Å². The minimum atomic E-state index is -1.55. The van der Waals surface area contributed by atoms with Gasteiger partial charge in [-0.05, 0) is 25.3 Å². The van der Waals surface area contributed by atoms with Crippen LogP contribution in [0.4, 0.5) is 0 Å². The van der Waals surface area contributed by atoms with E-state index in [1.165, 1.54) is 6.07 Å². The Morgan fingerprint density at radius 1 is 1.32 bits per heavy atom. The van der Waals surface area contributed by atoms with Crippen LogP contribution in [0.5, 0.6) is 5.88 Å². The van der Waals surface area contributed by atoms with Gasteiger partial charge in [0.05, 0.1) is 6.10 Å². The molecule has 0 aromatic carbocycles. The van der Waals surface area contributed by atoms with Crippen molar-refractivity contribution in [2.75, 3.05) is 13.2 Å². The van der Waals surface area contributed by atoms with Gasteiger partial charge in [-0.2, -0.15) is 0 Å². The Balaban J connectivity index is 2.01. The molecular weight excluding hydrogens is 332 g/mol. The molecule has 0 amide bonds. The number of nitrogens with zero attached hydrogens (tertiary/aromatic N) is 1. The predicted molar refractivity (Wildman–Crippen MR) is 77.6 cm³/mol. The Kier molecular flexibility index (Phi) is 5.44. The molecule has 7 heteroatoms. The third kappa shape index (κ3) is 4.83. The molecule has 1 saturated heterocycles. The number of hydrogen-bond acceptors (Lipinski definition) is 3. The van der Waals surface area contributed by atoms with E-state index in [0.717, 1.165) is 25.9 Å². The Hall–Kier alpha value is 0.0700. The molecule has 1 aromatic heterocycles. The Morgan fingerprint density at radius 2 is 2.11 bits per heavy atom. The average Bonchev–Trinajstić information content (AvgIpc) is 2.36. The number of ether oxygens (including phenoxy) is 2. The molecule has 2 heterocycles. The van der Waals surface area contributed by atoms with Gasteiger partial charge in [-0.25, -0.2) is 4.98 Å². The normalized spacial score (nSPS) is 20.3. The summed E-state index contributed by atoms with van der Waals surface area (Å²) in [4.78, 5) is 4.04. The zero-order valence-corrected chi connectivity index (χ0v) is 13.1. The third-order valence-corrected chi connectivity index (χ3v) is 3.64. The van der Waals surface area contributed by atoms with Crippen molar-refractivity contribution < 1.29 is 9.47 Å². The maximum Gasteiger partial charge on any atom is 0.216 e. The molecule has 1 atom stereocenters. The van der Waals surface area contributed by atoms with Gasteiger partial charge in [0.2, 0.25) is 9.67 Å². The molecule has 0 N–H and O–H groups in total. The van der Waals surface area contributed by atoms with Gasteiger partial charge in [-0.15, -0.1) is 0 Å². The number of aromatic nitrogens is 1. The zero-order valence-electron chi connectivity index (χ0n) is 10.0. The second-order valence-electron chi connectivity index (χ2n) is 4.31. The van der Waals surface area contributed by atoms with E-state index < -0.39 is 3.79 Å². The maximum absolute atomic E-state index is 5.88. The summed E-state index contributed by atoms with van der Waals surface area (Å²) >= 11 is 23.3. The average molecular weight is 345 g/mol. The lowest BCUT2D eigenvalue weighted by Gasteiger charge is -2.22. The van der Waals surface area contributed by atoms with Gasteiger partial charge in [0.1, 0.15) is 11.8 Å². The predicted octanol–water partition coefficient (Wildman–Crippen LogP) is 4.51. The lowest BCUT2D eigenvalue weighted by Crippen LogP contribution is -2.26. The fourth-order valence-corrected chi connectivity index (χ4v) is 2.36. The Morgan fingerprint density at radius 3 is 2.74 bits per heavy atom. The first-order valence-corrected chi connectivity index (χ1v) is 7.45. The lowest BCUT2D eigenvalue weighted by atomic mass is 10.1. The van der Waals surface area contributed by atoms with Gasteiger partial charge < -0.3 is 9.47 Å². The van der Waals surface area contributed by atoms with Crippen LogP contribution in [0.25, 0.3) is 0 Å². The highest BCUT2D eigenvalue weighted by molar-refractivity contribution is 6.66. The topological polar surface area (TPSA) is 31.4 Å². The van der Waals surface area contributed by atoms with E-state index in [0.29, 0.717) is 18.1 Å². The van der Waals surface area contributed by atoms with E-state index in [1.54, 1.807) is 6.07 Å². The van der Waals surface area contributed by atoms with Crippen molar-refractivity contribution in [2.24, 2.45) is 0 Å². The van der Waals surface area contributed by atoms with Crippen LogP contribution in [0.2, 0.25) is 5.15 Å². The molecule has 106 valence electrons. The van der Waals surface area contributed by atoms with Crippen LogP contribution in [0.15, 0.2) is 12.1 Å². The minimum Gasteiger partial charge on any atom is -0.475 e. The number of pyridine rings is 1. The molecular formula is C12H13Cl4NO2. The Labute approximate surface area is 132 Å². The van der Waals surface area contributed by atoms with E-state index in [1.807, 2.05) is 0 Å². The molecule has 0 saturated carbocycles. The smallest absolute Gasteiger partial charge is 0.216 e. The fraction of sp³-hybridized carbons (Fsp3) is 0.583. The largest absolute Gasteiger partial charge is 0.475 e. The molecule has 1 aromatic rings. The van der Waals surface area contributed by atoms with Crippen LogP contribution >= 0.6 is 46.4 Å². The van der Waals surface area contributed by atoms with Crippen LogP contribution in [-0.2, 0) is 8.53 Å². The first-order chi connectivity index (χ1) is 8.95. The molecule has 1 fully saturated rings. The third-order valence-electron chi connectivity index (χ3n) is 2.79. The summed E-state index contributed by atoms with van der Waals surface area (Å²) in [6.07, 6.45) is 3.32. The first-order valence-electron chi connectivity index (χ1n) is 5.94. The highest BCUT2D eigenvalue weighted by Gasteiger charge is 2.25. The quantitative estimate of drug-likeness (QED) is 0.597. The lowest BCUT2D eigenvalue weighted by molar-refractivity contribution is -0.0119. The van der Waals surface area contributed by atoms with Crippen LogP contribution in [-0.4, -0.2) is 24.3 Å². The SMILES string of the molecule is Clc1cc(C(Cl)(Cl)Cl)cc(OCC2CCCCO2)n1. The van der Waals surface area contributed by atoms with Crippen molar-refractivity contribution in [3.8, 4) is 5.88 Å². The zero-order chi connectivity index (χ0) is 13.9. The fourth-order valence-electron chi connectivity index (χ4n) is 1.83. The van der Waals surface area contributed by atoms with Gasteiger partial charge in [0.25, 0.3) is 0 Å². The molecule has 1 aliphatic heterocycles. The highest BCUT2D eigenvalue weighted by Crippen LogP contribution is 2.40. The van der Waals surface area contributed by atoms with Crippen molar-refractivity contribution in [1.82, 2.24) is 4.98 Å². The number of rotatable bonds is 3. The number of alkyl halides is 3. The van der Waals surface area contributed by atoms with Crippen molar-refractivity contribution in [3.63, 3.8) is 0 Å². The molecule has 1 aliphatic rings. The van der Waals surface area contributed by atoms with Crippen molar-refractivity contribution >= 4 is 46.4 Å². The molecule has 19 heavy (non-hydrogen) atoms. The second kappa shape index (κ2) is 6.68. The van der Waals surface area contributed by atoms with Crippen LogP contribution < -0.4 is 4.74 Å². The first kappa shape index (κ1) is 15.5. The van der Waals surface area contributed by atoms with E-state index in [-0.39, 0.29) is 11.3 Å². The number of halogens is 4.